The van der Waals surface area contributed by atoms with Crippen LogP contribution in [0.25, 0.3) is 0 Å². The molecule has 0 bridgehead atoms. The minimum atomic E-state index is -0.179. The highest BCUT2D eigenvalue weighted by Crippen LogP contribution is 2.39. The van der Waals surface area contributed by atoms with Gasteiger partial charge in [0.05, 0.1) is 5.88 Å². The molecule has 2 saturated heterocycles. The molecule has 4 fully saturated rings. The maximum Gasteiger partial charge on any atom is 0.246 e. The van der Waals surface area contributed by atoms with Crippen LogP contribution in [0, 0.1) is 17.8 Å². The second-order valence-corrected chi connectivity index (χ2v) is 8.15. The molecule has 2 amide bonds. The van der Waals surface area contributed by atoms with Crippen molar-refractivity contribution in [1.29, 1.82) is 0 Å². The van der Waals surface area contributed by atoms with Gasteiger partial charge in [-0.1, -0.05) is 12.8 Å². The monoisotopic (exact) mass is 308 g/mol. The lowest BCUT2D eigenvalue weighted by Crippen LogP contribution is -2.50. The molecule has 0 aromatic carbocycles. The van der Waals surface area contributed by atoms with Crippen LogP contribution in [0.15, 0.2) is 0 Å². The summed E-state index contributed by atoms with van der Waals surface area (Å²) in [6, 6.07) is -0.179. The molecule has 0 aromatic heterocycles. The number of carbonyl (C=O) groups is 2. The van der Waals surface area contributed by atoms with Crippen molar-refractivity contribution in [3.63, 3.8) is 0 Å². The molecule has 2 saturated carbocycles. The summed E-state index contributed by atoms with van der Waals surface area (Å²) in [5, 5.41) is 0. The molecule has 4 nitrogen and oxygen atoms in total. The predicted molar refractivity (Wildman–Crippen MR) is 82.7 cm³/mol. The number of thioether (sulfide) groups is 1. The van der Waals surface area contributed by atoms with Gasteiger partial charge in [-0.2, -0.15) is 0 Å². The summed E-state index contributed by atoms with van der Waals surface area (Å²) in [5.74, 6) is 3.65. The van der Waals surface area contributed by atoms with Gasteiger partial charge in [0.15, 0.2) is 0 Å². The molecule has 116 valence electrons. The number of rotatable bonds is 2. The van der Waals surface area contributed by atoms with Crippen LogP contribution in [0.2, 0.25) is 0 Å². The quantitative estimate of drug-likeness (QED) is 0.783. The summed E-state index contributed by atoms with van der Waals surface area (Å²) in [4.78, 5) is 29.3. The van der Waals surface area contributed by atoms with E-state index in [0.717, 1.165) is 43.5 Å². The van der Waals surface area contributed by atoms with E-state index in [1.54, 1.807) is 11.8 Å². The van der Waals surface area contributed by atoms with E-state index >= 15 is 0 Å². The van der Waals surface area contributed by atoms with Gasteiger partial charge in [0.1, 0.15) is 6.04 Å². The van der Waals surface area contributed by atoms with Crippen LogP contribution in [-0.2, 0) is 9.59 Å². The highest BCUT2D eigenvalue weighted by Gasteiger charge is 2.44. The molecule has 0 N–H and O–H groups in total. The van der Waals surface area contributed by atoms with E-state index < -0.39 is 0 Å². The van der Waals surface area contributed by atoms with Gasteiger partial charge in [0.2, 0.25) is 11.8 Å². The average molecular weight is 308 g/mol. The number of carbonyl (C=O) groups excluding carboxylic acids is 2. The topological polar surface area (TPSA) is 40.6 Å². The van der Waals surface area contributed by atoms with Crippen molar-refractivity contribution < 1.29 is 9.59 Å². The van der Waals surface area contributed by atoms with E-state index in [2.05, 4.69) is 4.90 Å². The highest BCUT2D eigenvalue weighted by atomic mass is 32.2. The number of hydrogen-bond donors (Lipinski definition) is 0. The SMILES string of the molecule is O=C([C@@H]1CSCN1C(=O)C1CCC1)N1C[C@@H]2CCC[C@H]2C1. The molecule has 0 spiro atoms. The zero-order valence-electron chi connectivity index (χ0n) is 12.5. The first kappa shape index (κ1) is 13.9. The highest BCUT2D eigenvalue weighted by molar-refractivity contribution is 7.99. The lowest BCUT2D eigenvalue weighted by molar-refractivity contribution is -0.146. The van der Waals surface area contributed by atoms with Crippen LogP contribution in [0.3, 0.4) is 0 Å². The number of fused-ring (bicyclic) bond motifs is 1. The van der Waals surface area contributed by atoms with Crippen LogP contribution in [-0.4, -0.2) is 52.4 Å². The Kier molecular flexibility index (Phi) is 3.64. The van der Waals surface area contributed by atoms with Gasteiger partial charge >= 0.3 is 0 Å². The van der Waals surface area contributed by atoms with Gasteiger partial charge in [-0.15, -0.1) is 11.8 Å². The lowest BCUT2D eigenvalue weighted by atomic mass is 9.84. The first-order valence-corrected chi connectivity index (χ1v) is 9.56. The smallest absolute Gasteiger partial charge is 0.246 e. The van der Waals surface area contributed by atoms with E-state index in [4.69, 9.17) is 0 Å². The maximum atomic E-state index is 12.8. The normalized spacial score (nSPS) is 35.9. The molecule has 2 heterocycles. The predicted octanol–water partition coefficient (Wildman–Crippen LogP) is 1.95. The first-order chi connectivity index (χ1) is 10.2. The Morgan fingerprint density at radius 1 is 0.905 bits per heavy atom. The van der Waals surface area contributed by atoms with Gasteiger partial charge in [0.25, 0.3) is 0 Å². The van der Waals surface area contributed by atoms with Crippen LogP contribution in [0.4, 0.5) is 0 Å². The second kappa shape index (κ2) is 5.49. The zero-order chi connectivity index (χ0) is 14.4. The Morgan fingerprint density at radius 2 is 1.57 bits per heavy atom. The van der Waals surface area contributed by atoms with Crippen LogP contribution < -0.4 is 0 Å². The van der Waals surface area contributed by atoms with Crippen molar-refractivity contribution >= 4 is 23.6 Å². The summed E-state index contributed by atoms with van der Waals surface area (Å²) in [7, 11) is 0. The molecule has 2 aliphatic carbocycles. The summed E-state index contributed by atoms with van der Waals surface area (Å²) < 4.78 is 0. The fraction of sp³-hybridized carbons (Fsp3) is 0.875. The third kappa shape index (κ3) is 2.37. The standard InChI is InChI=1S/C16H24N2O2S/c19-15(11-3-1-4-11)18-10-21-9-14(18)16(20)17-7-12-5-2-6-13(12)8-17/h11-14H,1-10H2/t12-,13-,14-/m0/s1. The lowest BCUT2D eigenvalue weighted by Gasteiger charge is -2.33. The molecule has 4 rings (SSSR count). The van der Waals surface area contributed by atoms with Crippen molar-refractivity contribution in [2.24, 2.45) is 17.8 Å². The van der Waals surface area contributed by atoms with Crippen molar-refractivity contribution in [3.8, 4) is 0 Å². The van der Waals surface area contributed by atoms with E-state index in [0.29, 0.717) is 5.88 Å². The number of amides is 2. The Hall–Kier alpha value is -0.710. The third-order valence-electron chi connectivity index (χ3n) is 5.94. The molecule has 0 radical (unpaired) electrons. The molecule has 2 aliphatic heterocycles. The Bertz CT molecular complexity index is 440. The molecule has 0 unspecified atom stereocenters. The minimum Gasteiger partial charge on any atom is -0.340 e. The fourth-order valence-corrected chi connectivity index (χ4v) is 5.53. The Morgan fingerprint density at radius 3 is 2.19 bits per heavy atom. The van der Waals surface area contributed by atoms with Gasteiger partial charge in [-0.05, 0) is 37.5 Å². The third-order valence-corrected chi connectivity index (χ3v) is 6.96. The number of nitrogens with zero attached hydrogens (tertiary/aromatic N) is 2. The first-order valence-electron chi connectivity index (χ1n) is 8.41. The summed E-state index contributed by atoms with van der Waals surface area (Å²) in [6.07, 6.45) is 7.13. The number of hydrogen-bond acceptors (Lipinski definition) is 3. The summed E-state index contributed by atoms with van der Waals surface area (Å²) in [6.45, 7) is 1.88. The Balaban J connectivity index is 1.42. The maximum absolute atomic E-state index is 12.8. The van der Waals surface area contributed by atoms with Crippen molar-refractivity contribution in [3.05, 3.63) is 0 Å². The van der Waals surface area contributed by atoms with Gasteiger partial charge in [-0.3, -0.25) is 9.59 Å². The molecule has 3 atom stereocenters. The van der Waals surface area contributed by atoms with Gasteiger partial charge in [0, 0.05) is 24.8 Å². The van der Waals surface area contributed by atoms with Crippen molar-refractivity contribution in [2.75, 3.05) is 24.7 Å². The van der Waals surface area contributed by atoms with E-state index in [1.807, 2.05) is 4.90 Å². The van der Waals surface area contributed by atoms with Crippen molar-refractivity contribution in [2.45, 2.75) is 44.6 Å². The molecule has 5 heteroatoms. The summed E-state index contributed by atoms with van der Waals surface area (Å²) in [5.41, 5.74) is 0. The largest absolute Gasteiger partial charge is 0.340 e. The molecular weight excluding hydrogens is 284 g/mol. The van der Waals surface area contributed by atoms with Crippen LogP contribution >= 0.6 is 11.8 Å². The molecule has 21 heavy (non-hydrogen) atoms. The van der Waals surface area contributed by atoms with E-state index in [-0.39, 0.29) is 23.8 Å². The number of likely N-dealkylation sites (tertiary alicyclic amines) is 1. The summed E-state index contributed by atoms with van der Waals surface area (Å²) >= 11 is 1.74. The zero-order valence-corrected chi connectivity index (χ0v) is 13.3. The van der Waals surface area contributed by atoms with Crippen molar-refractivity contribution in [1.82, 2.24) is 9.80 Å². The average Bonchev–Trinajstić information content (AvgIpc) is 3.10. The van der Waals surface area contributed by atoms with E-state index in [1.165, 1.54) is 25.7 Å². The van der Waals surface area contributed by atoms with Crippen LogP contribution in [0.5, 0.6) is 0 Å². The van der Waals surface area contributed by atoms with E-state index in [9.17, 15) is 9.59 Å². The molecule has 0 aromatic rings. The molecule has 4 aliphatic rings. The molecular formula is C16H24N2O2S. The van der Waals surface area contributed by atoms with Crippen LogP contribution in [0.1, 0.15) is 38.5 Å². The second-order valence-electron chi connectivity index (χ2n) is 7.15. The van der Waals surface area contributed by atoms with Gasteiger partial charge in [-0.25, -0.2) is 0 Å². The van der Waals surface area contributed by atoms with Gasteiger partial charge < -0.3 is 9.80 Å². The Labute approximate surface area is 130 Å². The minimum absolute atomic E-state index is 0.179. The fourth-order valence-electron chi connectivity index (χ4n) is 4.38.